The average molecular weight is 304 g/mol. The quantitative estimate of drug-likeness (QED) is 0.920. The molecule has 2 aliphatic heterocycles. The number of aromatic amines is 1. The molecule has 1 atom stereocenters. The molecule has 0 spiro atoms. The number of carbonyl (C=O) groups is 1. The predicted octanol–water partition coefficient (Wildman–Crippen LogP) is 1.65. The first-order valence-electron chi connectivity index (χ1n) is 8.39. The summed E-state index contributed by atoms with van der Waals surface area (Å²) >= 11 is 0. The summed E-state index contributed by atoms with van der Waals surface area (Å²) in [7, 11) is 0. The lowest BCUT2D eigenvalue weighted by molar-refractivity contribution is -0.364. The summed E-state index contributed by atoms with van der Waals surface area (Å²) in [4.78, 5) is 17.8. The number of hydrogen-bond donors (Lipinski definition) is 1. The van der Waals surface area contributed by atoms with Gasteiger partial charge in [-0.1, -0.05) is 6.92 Å². The zero-order valence-corrected chi connectivity index (χ0v) is 13.3. The van der Waals surface area contributed by atoms with E-state index in [1.165, 1.54) is 12.8 Å². The summed E-state index contributed by atoms with van der Waals surface area (Å²) in [5.74, 6) is 1.88. The Morgan fingerprint density at radius 3 is 2.82 bits per heavy atom. The minimum Gasteiger partial charge on any atom is -0.376 e. The number of amides is 1. The van der Waals surface area contributed by atoms with E-state index in [0.717, 1.165) is 44.3 Å². The summed E-state index contributed by atoms with van der Waals surface area (Å²) < 4.78 is 5.52. The topological polar surface area (TPSA) is 55.7 Å². The van der Waals surface area contributed by atoms with Crippen LogP contribution in [0.2, 0.25) is 0 Å². The molecule has 5 nitrogen and oxygen atoms in total. The summed E-state index contributed by atoms with van der Waals surface area (Å²) in [6.45, 7) is 5.90. The van der Waals surface area contributed by atoms with E-state index in [9.17, 15) is 4.79 Å². The van der Waals surface area contributed by atoms with Gasteiger partial charge in [0.2, 0.25) is 0 Å². The molecule has 22 heavy (non-hydrogen) atoms. The van der Waals surface area contributed by atoms with Crippen molar-refractivity contribution in [3.8, 4) is 0 Å². The Balaban J connectivity index is 1.53. The molecular weight excluding hydrogens is 278 g/mol. The number of pyridine rings is 1. The van der Waals surface area contributed by atoms with Crippen LogP contribution in [0.3, 0.4) is 0 Å². The molecule has 0 saturated carbocycles. The molecule has 1 amide bonds. The van der Waals surface area contributed by atoms with Crippen molar-refractivity contribution < 1.29 is 14.5 Å². The van der Waals surface area contributed by atoms with Gasteiger partial charge in [-0.25, -0.2) is 4.98 Å². The van der Waals surface area contributed by atoms with Crippen molar-refractivity contribution in [1.82, 2.24) is 5.32 Å². The highest BCUT2D eigenvalue weighted by molar-refractivity contribution is 5.93. The third-order valence-corrected chi connectivity index (χ3v) is 4.70. The first kappa shape index (κ1) is 15.3. The van der Waals surface area contributed by atoms with Crippen LogP contribution >= 0.6 is 0 Å². The van der Waals surface area contributed by atoms with E-state index >= 15 is 0 Å². The largest absolute Gasteiger partial charge is 0.376 e. The number of hydrogen-bond acceptors (Lipinski definition) is 3. The second-order valence-corrected chi connectivity index (χ2v) is 6.48. The van der Waals surface area contributed by atoms with Gasteiger partial charge in [0.25, 0.3) is 11.7 Å². The van der Waals surface area contributed by atoms with Crippen molar-refractivity contribution in [2.75, 3.05) is 31.1 Å². The predicted molar refractivity (Wildman–Crippen MR) is 84.9 cm³/mol. The minimum atomic E-state index is -0.0365. The average Bonchev–Trinajstić information content (AvgIpc) is 3.07. The fourth-order valence-electron chi connectivity index (χ4n) is 3.12. The van der Waals surface area contributed by atoms with Crippen LogP contribution in [-0.2, 0) is 4.74 Å². The van der Waals surface area contributed by atoms with Crippen LogP contribution in [0, 0.1) is 5.92 Å². The second-order valence-electron chi connectivity index (χ2n) is 6.48. The molecule has 120 valence electrons. The van der Waals surface area contributed by atoms with E-state index in [0.29, 0.717) is 12.1 Å². The molecule has 1 aromatic rings. The van der Waals surface area contributed by atoms with Crippen molar-refractivity contribution in [1.29, 1.82) is 0 Å². The van der Waals surface area contributed by atoms with E-state index < -0.39 is 0 Å². The molecule has 3 heterocycles. The maximum absolute atomic E-state index is 12.1. The van der Waals surface area contributed by atoms with E-state index in [2.05, 4.69) is 22.1 Å². The molecule has 0 unspecified atom stereocenters. The Hall–Kier alpha value is -1.62. The van der Waals surface area contributed by atoms with Gasteiger partial charge in [-0.15, -0.1) is 0 Å². The molecule has 0 aromatic carbocycles. The van der Waals surface area contributed by atoms with Crippen LogP contribution < -0.4 is 15.2 Å². The van der Waals surface area contributed by atoms with Gasteiger partial charge in [0, 0.05) is 19.2 Å². The van der Waals surface area contributed by atoms with Crippen molar-refractivity contribution in [2.45, 2.75) is 38.7 Å². The zero-order chi connectivity index (χ0) is 15.4. The summed E-state index contributed by atoms with van der Waals surface area (Å²) in [5.41, 5.74) is 0.673. The van der Waals surface area contributed by atoms with E-state index in [4.69, 9.17) is 4.74 Å². The summed E-state index contributed by atoms with van der Waals surface area (Å²) in [5, 5.41) is 2.95. The molecule has 2 saturated heterocycles. The molecule has 1 aromatic heterocycles. The fraction of sp³-hybridized carbons (Fsp3) is 0.647. The zero-order valence-electron chi connectivity index (χ0n) is 13.3. The van der Waals surface area contributed by atoms with Gasteiger partial charge in [-0.05, 0) is 37.7 Å². The summed E-state index contributed by atoms with van der Waals surface area (Å²) in [6.07, 6.45) is 6.59. The maximum Gasteiger partial charge on any atom is 0.274 e. The van der Waals surface area contributed by atoms with Gasteiger partial charge in [-0.3, -0.25) is 9.69 Å². The number of nitrogens with zero attached hydrogens (tertiary/aromatic N) is 1. The molecule has 3 rings (SSSR count). The number of piperidine rings is 1. The number of aromatic nitrogens is 1. The molecule has 2 fully saturated rings. The monoisotopic (exact) mass is 304 g/mol. The molecule has 5 heteroatoms. The third kappa shape index (κ3) is 3.77. The molecule has 2 aliphatic rings. The second kappa shape index (κ2) is 7.09. The summed E-state index contributed by atoms with van der Waals surface area (Å²) in [6, 6.07) is 3.91. The molecule has 0 radical (unpaired) electrons. The standard InChI is InChI=1S/C17H25N3O2/c1-13-6-8-20(9-7-13)16-5-4-14(11-18-16)17(21)19-12-15-3-2-10-22-15/h4-5,11,13,15H,2-3,6-10,12H2,1H3,(H,19,21)/p+1/t15-/m1/s1. The first-order chi connectivity index (χ1) is 10.7. The van der Waals surface area contributed by atoms with E-state index in [1.807, 2.05) is 12.1 Å². The van der Waals surface area contributed by atoms with Gasteiger partial charge in [-0.2, -0.15) is 0 Å². The Morgan fingerprint density at radius 1 is 1.36 bits per heavy atom. The Labute approximate surface area is 132 Å². The Bertz CT molecular complexity index is 489. The number of carbonyl (C=O) groups excluding carboxylic acids is 1. The smallest absolute Gasteiger partial charge is 0.274 e. The normalized spacial score (nSPS) is 22.8. The molecule has 2 N–H and O–H groups in total. The van der Waals surface area contributed by atoms with Crippen LogP contribution in [0.25, 0.3) is 0 Å². The number of ether oxygens (including phenoxy) is 1. The Kier molecular flexibility index (Phi) is 4.93. The number of anilines is 1. The maximum atomic E-state index is 12.1. The van der Waals surface area contributed by atoms with Crippen molar-refractivity contribution in [3.05, 3.63) is 23.9 Å². The van der Waals surface area contributed by atoms with Gasteiger partial charge >= 0.3 is 0 Å². The lowest BCUT2D eigenvalue weighted by atomic mass is 9.99. The molecule has 0 bridgehead atoms. The van der Waals surface area contributed by atoms with Gasteiger partial charge < -0.3 is 10.1 Å². The van der Waals surface area contributed by atoms with Gasteiger partial charge in [0.05, 0.1) is 24.8 Å². The third-order valence-electron chi connectivity index (χ3n) is 4.70. The number of H-pyrrole nitrogens is 1. The van der Waals surface area contributed by atoms with Crippen LogP contribution in [0.1, 0.15) is 43.0 Å². The first-order valence-corrected chi connectivity index (χ1v) is 8.39. The van der Waals surface area contributed by atoms with E-state index in [-0.39, 0.29) is 12.0 Å². The van der Waals surface area contributed by atoms with Crippen LogP contribution in [0.5, 0.6) is 0 Å². The highest BCUT2D eigenvalue weighted by atomic mass is 16.5. The SMILES string of the molecule is CC1CCN(c2ccc(C(=O)NC[C@H]3CCCO3)c[nH+]2)CC1. The van der Waals surface area contributed by atoms with Gasteiger partial charge in [0.1, 0.15) is 6.20 Å². The number of nitrogens with one attached hydrogen (secondary N) is 2. The van der Waals surface area contributed by atoms with Crippen LogP contribution in [0.15, 0.2) is 18.3 Å². The van der Waals surface area contributed by atoms with Crippen molar-refractivity contribution in [3.63, 3.8) is 0 Å². The van der Waals surface area contributed by atoms with Crippen LogP contribution in [0.4, 0.5) is 5.82 Å². The fourth-order valence-corrected chi connectivity index (χ4v) is 3.12. The number of rotatable bonds is 4. The highest BCUT2D eigenvalue weighted by Gasteiger charge is 2.23. The van der Waals surface area contributed by atoms with Gasteiger partial charge in [0.15, 0.2) is 0 Å². The lowest BCUT2D eigenvalue weighted by Gasteiger charge is -2.25. The highest BCUT2D eigenvalue weighted by Crippen LogP contribution is 2.19. The van der Waals surface area contributed by atoms with Crippen LogP contribution in [-0.4, -0.2) is 38.3 Å². The Morgan fingerprint density at radius 2 is 2.18 bits per heavy atom. The van der Waals surface area contributed by atoms with Crippen molar-refractivity contribution >= 4 is 11.7 Å². The van der Waals surface area contributed by atoms with Crippen molar-refractivity contribution in [2.24, 2.45) is 5.92 Å². The van der Waals surface area contributed by atoms with E-state index in [1.54, 1.807) is 6.20 Å². The molecule has 0 aliphatic carbocycles. The minimum absolute atomic E-state index is 0.0365. The lowest BCUT2D eigenvalue weighted by Crippen LogP contribution is -2.37. The molecular formula is C17H26N3O2+.